The second-order valence-electron chi connectivity index (χ2n) is 7.24. The molecule has 2 fully saturated rings. The van der Waals surface area contributed by atoms with Crippen LogP contribution in [0.4, 0.5) is 0 Å². The van der Waals surface area contributed by atoms with Gasteiger partial charge in [0.05, 0.1) is 5.84 Å². The molecule has 2 nitrogen and oxygen atoms in total. The van der Waals surface area contributed by atoms with E-state index in [1.165, 1.54) is 57.2 Å². The largest absolute Gasteiger partial charge is 0.355 e. The zero-order valence-corrected chi connectivity index (χ0v) is 14.1. The number of hydrogen-bond donors (Lipinski definition) is 0. The molecule has 114 valence electrons. The quantitative estimate of drug-likeness (QED) is 0.703. The van der Waals surface area contributed by atoms with Crippen LogP contribution in [0.25, 0.3) is 0 Å². The minimum absolute atomic E-state index is 0.601. The Kier molecular flexibility index (Phi) is 5.98. The van der Waals surface area contributed by atoms with E-state index >= 15 is 0 Å². The molecular formula is C17H33BN2. The molecule has 1 aliphatic heterocycles. The van der Waals surface area contributed by atoms with Crippen molar-refractivity contribution in [1.29, 1.82) is 0 Å². The summed E-state index contributed by atoms with van der Waals surface area (Å²) in [6.07, 6.45) is 11.1. The molecule has 1 aliphatic carbocycles. The molecule has 1 heterocycles. The number of piperidine rings is 1. The number of amidine groups is 1. The summed E-state index contributed by atoms with van der Waals surface area (Å²) in [4.78, 5) is 7.51. The summed E-state index contributed by atoms with van der Waals surface area (Å²) >= 11 is 0. The summed E-state index contributed by atoms with van der Waals surface area (Å²) in [6.45, 7) is 7.81. The van der Waals surface area contributed by atoms with Crippen molar-refractivity contribution in [3.8, 4) is 0 Å². The van der Waals surface area contributed by atoms with E-state index in [0.717, 1.165) is 24.3 Å². The Bertz CT molecular complexity index is 327. The average molecular weight is 276 g/mol. The summed E-state index contributed by atoms with van der Waals surface area (Å²) in [5, 5.41) is 0. The number of hydrogen-bond acceptors (Lipinski definition) is 1. The molecule has 0 amide bonds. The topological polar surface area (TPSA) is 15.6 Å². The minimum atomic E-state index is 0.601. The van der Waals surface area contributed by atoms with Gasteiger partial charge in [0.15, 0.2) is 0 Å². The third kappa shape index (κ3) is 3.80. The van der Waals surface area contributed by atoms with Gasteiger partial charge in [0.1, 0.15) is 7.85 Å². The Morgan fingerprint density at radius 3 is 2.65 bits per heavy atom. The number of fused-ring (bicyclic) bond motifs is 1. The maximum atomic E-state index is 4.82. The second kappa shape index (κ2) is 7.52. The molecule has 0 aromatic rings. The predicted molar refractivity (Wildman–Crippen MR) is 91.5 cm³/mol. The summed E-state index contributed by atoms with van der Waals surface area (Å²) in [6, 6.07) is 1.36. The Morgan fingerprint density at radius 1 is 1.20 bits per heavy atom. The fourth-order valence-electron chi connectivity index (χ4n) is 4.39. The molecule has 3 atom stereocenters. The van der Waals surface area contributed by atoms with E-state index in [0.29, 0.717) is 6.04 Å². The highest BCUT2D eigenvalue weighted by atomic mass is 15.2. The van der Waals surface area contributed by atoms with E-state index in [2.05, 4.69) is 33.5 Å². The van der Waals surface area contributed by atoms with Crippen LogP contribution < -0.4 is 0 Å². The van der Waals surface area contributed by atoms with Gasteiger partial charge in [-0.3, -0.25) is 4.99 Å². The molecule has 2 rings (SSSR count). The molecule has 0 bridgehead atoms. The van der Waals surface area contributed by atoms with Gasteiger partial charge in [-0.1, -0.05) is 37.9 Å². The first-order valence-electron chi connectivity index (χ1n) is 8.95. The lowest BCUT2D eigenvalue weighted by Crippen LogP contribution is -2.52. The molecule has 0 radical (unpaired) electrons. The van der Waals surface area contributed by atoms with Crippen molar-refractivity contribution in [3.63, 3.8) is 0 Å². The van der Waals surface area contributed by atoms with Gasteiger partial charge < -0.3 is 4.90 Å². The molecule has 1 saturated carbocycles. The molecule has 0 aromatic carbocycles. The van der Waals surface area contributed by atoms with Crippen LogP contribution in [0.15, 0.2) is 4.99 Å². The van der Waals surface area contributed by atoms with Crippen LogP contribution in [0.5, 0.6) is 0 Å². The zero-order valence-electron chi connectivity index (χ0n) is 14.1. The number of likely N-dealkylation sites (tertiary alicyclic amines) is 1. The first-order chi connectivity index (χ1) is 9.63. The molecular weight excluding hydrogens is 243 g/mol. The third-order valence-corrected chi connectivity index (χ3v) is 5.24. The zero-order chi connectivity index (χ0) is 14.5. The average Bonchev–Trinajstić information content (AvgIpc) is 2.48. The van der Waals surface area contributed by atoms with Gasteiger partial charge in [-0.05, 0) is 39.5 Å². The van der Waals surface area contributed by atoms with E-state index in [1.807, 2.05) is 0 Å². The lowest BCUT2D eigenvalue weighted by molar-refractivity contribution is 0.140. The SMILES string of the molecule is BC1CCCCCC2C(CC/C(=N\CC)N2C(C)C)C1. The van der Waals surface area contributed by atoms with Crippen molar-refractivity contribution in [2.24, 2.45) is 10.9 Å². The summed E-state index contributed by atoms with van der Waals surface area (Å²) in [7, 11) is 2.47. The minimum Gasteiger partial charge on any atom is -0.355 e. The molecule has 3 unspecified atom stereocenters. The summed E-state index contributed by atoms with van der Waals surface area (Å²) in [5.41, 5.74) is 0. The van der Waals surface area contributed by atoms with E-state index in [9.17, 15) is 0 Å². The second-order valence-corrected chi connectivity index (χ2v) is 7.24. The normalized spacial score (nSPS) is 34.5. The molecule has 3 heteroatoms. The monoisotopic (exact) mass is 276 g/mol. The van der Waals surface area contributed by atoms with Crippen LogP contribution in [-0.4, -0.2) is 37.2 Å². The highest BCUT2D eigenvalue weighted by molar-refractivity contribution is 6.11. The standard InChI is InChI=1S/C17H33BN2/c1-4-19-17-11-10-14-12-15(18)8-6-5-7-9-16(14)20(17)13(2)3/h13-16H,4-12,18H2,1-3H3/b19-17+. The number of rotatable bonds is 2. The molecule has 0 N–H and O–H groups in total. The highest BCUT2D eigenvalue weighted by Gasteiger charge is 2.36. The Balaban J connectivity index is 2.20. The molecule has 0 aromatic heterocycles. The van der Waals surface area contributed by atoms with E-state index in [1.54, 1.807) is 0 Å². The van der Waals surface area contributed by atoms with Crippen molar-refractivity contribution in [3.05, 3.63) is 0 Å². The number of aliphatic imine (C=N–C) groups is 1. The van der Waals surface area contributed by atoms with Gasteiger partial charge in [-0.25, -0.2) is 0 Å². The van der Waals surface area contributed by atoms with Crippen molar-refractivity contribution in [2.45, 2.75) is 90.0 Å². The molecule has 2 aliphatic rings. The van der Waals surface area contributed by atoms with Crippen LogP contribution in [0, 0.1) is 5.92 Å². The number of nitrogens with zero attached hydrogens (tertiary/aromatic N) is 2. The fourth-order valence-corrected chi connectivity index (χ4v) is 4.39. The van der Waals surface area contributed by atoms with Crippen LogP contribution in [0.2, 0.25) is 5.82 Å². The molecule has 0 spiro atoms. The smallest absolute Gasteiger partial charge is 0.105 e. The van der Waals surface area contributed by atoms with Crippen molar-refractivity contribution in [1.82, 2.24) is 4.90 Å². The predicted octanol–water partition coefficient (Wildman–Crippen LogP) is 3.67. The summed E-state index contributed by atoms with van der Waals surface area (Å²) in [5.74, 6) is 3.22. The van der Waals surface area contributed by atoms with Crippen LogP contribution in [0.3, 0.4) is 0 Å². The maximum Gasteiger partial charge on any atom is 0.105 e. The lowest BCUT2D eigenvalue weighted by atomic mass is 9.72. The van der Waals surface area contributed by atoms with Gasteiger partial charge in [-0.2, -0.15) is 0 Å². The van der Waals surface area contributed by atoms with Crippen LogP contribution >= 0.6 is 0 Å². The third-order valence-electron chi connectivity index (χ3n) is 5.24. The van der Waals surface area contributed by atoms with Crippen LogP contribution in [0.1, 0.15) is 72.1 Å². The Labute approximate surface area is 126 Å². The first-order valence-corrected chi connectivity index (χ1v) is 8.95. The van der Waals surface area contributed by atoms with Gasteiger partial charge >= 0.3 is 0 Å². The fraction of sp³-hybridized carbons (Fsp3) is 0.941. The van der Waals surface area contributed by atoms with Gasteiger partial charge in [-0.15, -0.1) is 0 Å². The maximum absolute atomic E-state index is 4.82. The van der Waals surface area contributed by atoms with Crippen molar-refractivity contribution < 1.29 is 0 Å². The molecule has 20 heavy (non-hydrogen) atoms. The van der Waals surface area contributed by atoms with Gasteiger partial charge in [0, 0.05) is 25.0 Å². The van der Waals surface area contributed by atoms with Crippen LogP contribution in [-0.2, 0) is 0 Å². The summed E-state index contributed by atoms with van der Waals surface area (Å²) < 4.78 is 0. The Hall–Kier alpha value is -0.465. The van der Waals surface area contributed by atoms with Gasteiger partial charge in [0.25, 0.3) is 0 Å². The first kappa shape index (κ1) is 15.9. The van der Waals surface area contributed by atoms with E-state index in [4.69, 9.17) is 4.99 Å². The van der Waals surface area contributed by atoms with Crippen molar-refractivity contribution in [2.75, 3.05) is 6.54 Å². The molecule has 1 saturated heterocycles. The Morgan fingerprint density at radius 2 is 1.95 bits per heavy atom. The highest BCUT2D eigenvalue weighted by Crippen LogP contribution is 2.37. The lowest BCUT2D eigenvalue weighted by Gasteiger charge is -2.46. The van der Waals surface area contributed by atoms with Gasteiger partial charge in [0.2, 0.25) is 0 Å². The van der Waals surface area contributed by atoms with Crippen molar-refractivity contribution >= 4 is 13.7 Å². The van der Waals surface area contributed by atoms with E-state index in [-0.39, 0.29) is 0 Å². The van der Waals surface area contributed by atoms with E-state index < -0.39 is 0 Å².